The Hall–Kier alpha value is -2.12. The molecule has 1 aliphatic rings. The predicted molar refractivity (Wildman–Crippen MR) is 97.7 cm³/mol. The van der Waals surface area contributed by atoms with Crippen LogP contribution in [-0.2, 0) is 0 Å². The van der Waals surface area contributed by atoms with E-state index in [-0.39, 0.29) is 6.23 Å². The van der Waals surface area contributed by atoms with Crippen LogP contribution in [0.25, 0.3) is 11.3 Å². The van der Waals surface area contributed by atoms with E-state index in [1.807, 2.05) is 24.3 Å². The van der Waals surface area contributed by atoms with E-state index < -0.39 is 0 Å². The van der Waals surface area contributed by atoms with Crippen LogP contribution in [0.3, 0.4) is 0 Å². The van der Waals surface area contributed by atoms with Gasteiger partial charge in [-0.25, -0.2) is 0 Å². The first-order valence-corrected chi connectivity index (χ1v) is 9.57. The third-order valence-corrected chi connectivity index (χ3v) is 5.53. The van der Waals surface area contributed by atoms with Crippen molar-refractivity contribution in [1.29, 1.82) is 0 Å². The number of nitrogens with zero attached hydrogens (tertiary/aromatic N) is 3. The Bertz CT molecular complexity index is 881. The number of ether oxygens (including phenoxy) is 1. The summed E-state index contributed by atoms with van der Waals surface area (Å²) in [7, 11) is 0. The van der Waals surface area contributed by atoms with E-state index >= 15 is 0 Å². The summed E-state index contributed by atoms with van der Waals surface area (Å²) in [6.45, 7) is 4.15. The molecule has 0 radical (unpaired) electrons. The minimum Gasteiger partial charge on any atom is -0.447 e. The summed E-state index contributed by atoms with van der Waals surface area (Å²) in [6.07, 6.45) is -0.288. The molecule has 0 saturated carbocycles. The average molecular weight is 356 g/mol. The molecule has 7 heteroatoms. The van der Waals surface area contributed by atoms with Gasteiger partial charge in [-0.2, -0.15) is 4.98 Å². The standard InChI is InChI=1S/C17H16N4OS2/c1-3-23-17-19-15-13(20-21-17)11-6-4-5-7-12(11)18-16(22-15)14-10(2)8-9-24-14/h4-9,16,18H,3H2,1-2H3/t16-/m0/s1. The van der Waals surface area contributed by atoms with Crippen molar-refractivity contribution >= 4 is 28.8 Å². The van der Waals surface area contributed by atoms with Gasteiger partial charge in [0.2, 0.25) is 17.3 Å². The number of aromatic nitrogens is 3. The number of thioether (sulfide) groups is 1. The molecule has 2 aromatic heterocycles. The molecule has 0 bridgehead atoms. The molecule has 0 fully saturated rings. The third kappa shape index (κ3) is 2.74. The highest BCUT2D eigenvalue weighted by Crippen LogP contribution is 2.40. The summed E-state index contributed by atoms with van der Waals surface area (Å²) in [5.74, 6) is 1.42. The van der Waals surface area contributed by atoms with E-state index in [0.29, 0.717) is 16.7 Å². The quantitative estimate of drug-likeness (QED) is 0.696. The number of anilines is 1. The Morgan fingerprint density at radius 1 is 1.25 bits per heavy atom. The lowest BCUT2D eigenvalue weighted by molar-refractivity contribution is 0.228. The molecule has 3 aromatic rings. The summed E-state index contributed by atoms with van der Waals surface area (Å²) in [5, 5.41) is 14.8. The number of para-hydroxylation sites is 1. The summed E-state index contributed by atoms with van der Waals surface area (Å²) in [4.78, 5) is 5.72. The van der Waals surface area contributed by atoms with Crippen molar-refractivity contribution in [1.82, 2.24) is 15.2 Å². The Balaban J connectivity index is 1.85. The van der Waals surface area contributed by atoms with E-state index in [2.05, 4.69) is 45.8 Å². The van der Waals surface area contributed by atoms with Crippen LogP contribution >= 0.6 is 23.1 Å². The van der Waals surface area contributed by atoms with Gasteiger partial charge in [0, 0.05) is 11.3 Å². The van der Waals surface area contributed by atoms with Crippen LogP contribution in [0, 0.1) is 6.92 Å². The summed E-state index contributed by atoms with van der Waals surface area (Å²) >= 11 is 3.23. The van der Waals surface area contributed by atoms with Gasteiger partial charge in [0.1, 0.15) is 0 Å². The number of hydrogen-bond acceptors (Lipinski definition) is 7. The number of hydrogen-bond donors (Lipinski definition) is 1. The van der Waals surface area contributed by atoms with Crippen molar-refractivity contribution in [2.45, 2.75) is 25.2 Å². The first-order chi connectivity index (χ1) is 11.8. The van der Waals surface area contributed by atoms with Gasteiger partial charge in [0.25, 0.3) is 0 Å². The minimum absolute atomic E-state index is 0.288. The normalized spacial score (nSPS) is 15.7. The number of nitrogens with one attached hydrogen (secondary N) is 1. The van der Waals surface area contributed by atoms with Crippen molar-refractivity contribution in [2.24, 2.45) is 0 Å². The lowest BCUT2D eigenvalue weighted by atomic mass is 10.1. The average Bonchev–Trinajstić information content (AvgIpc) is 2.94. The molecule has 24 heavy (non-hydrogen) atoms. The minimum atomic E-state index is -0.288. The molecule has 5 nitrogen and oxygen atoms in total. The first kappa shape index (κ1) is 15.4. The third-order valence-electron chi connectivity index (χ3n) is 3.75. The molecule has 0 aliphatic carbocycles. The second-order valence-electron chi connectivity index (χ2n) is 5.34. The van der Waals surface area contributed by atoms with Crippen molar-refractivity contribution in [3.8, 4) is 17.1 Å². The molecule has 0 spiro atoms. The molecule has 122 valence electrons. The monoisotopic (exact) mass is 356 g/mol. The van der Waals surface area contributed by atoms with Crippen LogP contribution < -0.4 is 10.1 Å². The van der Waals surface area contributed by atoms with E-state index in [1.54, 1.807) is 23.1 Å². The predicted octanol–water partition coefficient (Wildman–Crippen LogP) is 4.52. The van der Waals surface area contributed by atoms with E-state index in [9.17, 15) is 0 Å². The topological polar surface area (TPSA) is 59.9 Å². The van der Waals surface area contributed by atoms with Gasteiger partial charge in [-0.15, -0.1) is 21.5 Å². The zero-order valence-corrected chi connectivity index (χ0v) is 14.9. The molecule has 1 atom stereocenters. The maximum absolute atomic E-state index is 6.22. The molecule has 0 unspecified atom stereocenters. The molecule has 1 aliphatic heterocycles. The lowest BCUT2D eigenvalue weighted by Gasteiger charge is -2.18. The zero-order valence-electron chi connectivity index (χ0n) is 13.3. The molecule has 1 aromatic carbocycles. The first-order valence-electron chi connectivity index (χ1n) is 7.70. The highest BCUT2D eigenvalue weighted by Gasteiger charge is 2.27. The lowest BCUT2D eigenvalue weighted by Crippen LogP contribution is -2.16. The van der Waals surface area contributed by atoms with Crippen LogP contribution in [0.5, 0.6) is 5.88 Å². The van der Waals surface area contributed by atoms with E-state index in [0.717, 1.165) is 21.9 Å². The Kier molecular flexibility index (Phi) is 4.12. The van der Waals surface area contributed by atoms with E-state index in [1.165, 1.54) is 5.56 Å². The second-order valence-corrected chi connectivity index (χ2v) is 7.52. The maximum atomic E-state index is 6.22. The zero-order chi connectivity index (χ0) is 16.5. The Morgan fingerprint density at radius 2 is 2.12 bits per heavy atom. The molecule has 0 saturated heterocycles. The molecular formula is C17H16N4OS2. The SMILES string of the molecule is CCSc1nnc2c(n1)O[C@@H](c1sccc1C)Nc1ccccc1-2. The molecule has 1 N–H and O–H groups in total. The van der Waals surface area contributed by atoms with E-state index in [4.69, 9.17) is 4.74 Å². The van der Waals surface area contributed by atoms with Gasteiger partial charge in [0.05, 0.1) is 4.88 Å². The van der Waals surface area contributed by atoms with Gasteiger partial charge in [-0.3, -0.25) is 0 Å². The molecule has 3 heterocycles. The van der Waals surface area contributed by atoms with Crippen LogP contribution in [0.4, 0.5) is 5.69 Å². The molecule has 4 rings (SSSR count). The van der Waals surface area contributed by atoms with Crippen LogP contribution in [0.1, 0.15) is 23.6 Å². The number of benzene rings is 1. The maximum Gasteiger partial charge on any atom is 0.247 e. The number of rotatable bonds is 3. The largest absolute Gasteiger partial charge is 0.447 e. The highest BCUT2D eigenvalue weighted by atomic mass is 32.2. The van der Waals surface area contributed by atoms with Gasteiger partial charge in [-0.1, -0.05) is 36.9 Å². The van der Waals surface area contributed by atoms with Crippen molar-refractivity contribution in [2.75, 3.05) is 11.1 Å². The Labute approximate surface area is 148 Å². The summed E-state index contributed by atoms with van der Waals surface area (Å²) in [5.41, 5.74) is 3.80. The van der Waals surface area contributed by atoms with Crippen LogP contribution in [0.15, 0.2) is 40.9 Å². The fourth-order valence-corrected chi connectivity index (χ4v) is 4.02. The van der Waals surface area contributed by atoms with Crippen molar-refractivity contribution < 1.29 is 4.74 Å². The van der Waals surface area contributed by atoms with Gasteiger partial charge >= 0.3 is 0 Å². The van der Waals surface area contributed by atoms with Gasteiger partial charge in [0.15, 0.2) is 5.69 Å². The fraction of sp³-hybridized carbons (Fsp3) is 0.235. The van der Waals surface area contributed by atoms with Gasteiger partial charge < -0.3 is 10.1 Å². The highest BCUT2D eigenvalue weighted by molar-refractivity contribution is 7.99. The Morgan fingerprint density at radius 3 is 2.92 bits per heavy atom. The second kappa shape index (κ2) is 6.41. The smallest absolute Gasteiger partial charge is 0.247 e. The number of fused-ring (bicyclic) bond motifs is 3. The molecular weight excluding hydrogens is 340 g/mol. The van der Waals surface area contributed by atoms with Gasteiger partial charge in [-0.05, 0) is 35.8 Å². The molecule has 0 amide bonds. The fourth-order valence-electron chi connectivity index (χ4n) is 2.61. The van der Waals surface area contributed by atoms with Crippen LogP contribution in [-0.4, -0.2) is 20.9 Å². The summed E-state index contributed by atoms with van der Waals surface area (Å²) < 4.78 is 6.22. The number of aryl methyl sites for hydroxylation is 1. The summed E-state index contributed by atoms with van der Waals surface area (Å²) in [6, 6.07) is 10.1. The van der Waals surface area contributed by atoms with Crippen molar-refractivity contribution in [3.05, 3.63) is 46.2 Å². The number of thiophene rings is 1. The van der Waals surface area contributed by atoms with Crippen molar-refractivity contribution in [3.63, 3.8) is 0 Å². The van der Waals surface area contributed by atoms with Crippen LogP contribution in [0.2, 0.25) is 0 Å².